The molecule has 1 heterocycles. The maximum absolute atomic E-state index is 12.1. The summed E-state index contributed by atoms with van der Waals surface area (Å²) in [6.45, 7) is 10.5. The summed E-state index contributed by atoms with van der Waals surface area (Å²) >= 11 is 0. The molecule has 4 rings (SSSR count). The summed E-state index contributed by atoms with van der Waals surface area (Å²) in [6.07, 6.45) is 1.84. The zero-order valence-electron chi connectivity index (χ0n) is 18.5. The summed E-state index contributed by atoms with van der Waals surface area (Å²) in [5.41, 5.74) is 5.67. The molecule has 0 N–H and O–H groups in total. The molecule has 1 aliphatic heterocycles. The van der Waals surface area contributed by atoms with Gasteiger partial charge in [0.2, 0.25) is 0 Å². The summed E-state index contributed by atoms with van der Waals surface area (Å²) < 4.78 is 17.9. The van der Waals surface area contributed by atoms with Gasteiger partial charge in [0.05, 0.1) is 23.4 Å². The van der Waals surface area contributed by atoms with Gasteiger partial charge in [-0.05, 0) is 87.3 Å². The minimum Gasteiger partial charge on any atom is -0.462 e. The van der Waals surface area contributed by atoms with Crippen LogP contribution in [-0.4, -0.2) is 30.9 Å². The lowest BCUT2D eigenvalue weighted by Gasteiger charge is -2.32. The molecule has 156 valence electrons. The van der Waals surface area contributed by atoms with E-state index in [1.807, 2.05) is 31.2 Å². The van der Waals surface area contributed by atoms with E-state index in [1.165, 1.54) is 11.1 Å². The van der Waals surface area contributed by atoms with Crippen molar-refractivity contribution in [2.45, 2.75) is 58.7 Å². The first kappa shape index (κ1) is 20.9. The van der Waals surface area contributed by atoms with Crippen LogP contribution in [0.1, 0.15) is 68.1 Å². The quantitative estimate of drug-likeness (QED) is 0.516. The second-order valence-electron chi connectivity index (χ2n) is 8.94. The van der Waals surface area contributed by atoms with E-state index in [9.17, 15) is 4.79 Å². The van der Waals surface area contributed by atoms with Crippen LogP contribution in [0.2, 0.25) is 0 Å². The second kappa shape index (κ2) is 7.71. The first-order valence-electron chi connectivity index (χ1n) is 10.7. The van der Waals surface area contributed by atoms with Gasteiger partial charge in [-0.25, -0.2) is 4.79 Å². The first-order valence-corrected chi connectivity index (χ1v) is 10.7. The minimum absolute atomic E-state index is 0.298. The number of benzene rings is 2. The molecule has 2 aromatic rings. The van der Waals surface area contributed by atoms with Gasteiger partial charge in [0.25, 0.3) is 0 Å². The minimum atomic E-state index is -0.388. The van der Waals surface area contributed by atoms with Gasteiger partial charge in [-0.1, -0.05) is 36.4 Å². The number of hydrogen-bond donors (Lipinski definition) is 0. The Hall–Kier alpha value is -2.37. The standard InChI is InChI=1S/C25H29BO4/c1-6-28-23(27)19-13-11-18(12-14-19)22-20-10-8-7-9-17(20)15-16-21(22)26-29-24(2,3)25(4,5)30-26/h7-14H,6,15-16H2,1-5H3. The number of rotatable bonds is 4. The van der Waals surface area contributed by atoms with Gasteiger partial charge in [-0.2, -0.15) is 0 Å². The summed E-state index contributed by atoms with van der Waals surface area (Å²) in [5.74, 6) is -0.298. The number of ether oxygens (including phenoxy) is 1. The average Bonchev–Trinajstić information content (AvgIpc) is 2.94. The molecular weight excluding hydrogens is 375 g/mol. The molecule has 30 heavy (non-hydrogen) atoms. The van der Waals surface area contributed by atoms with Crippen molar-refractivity contribution in [2.75, 3.05) is 6.61 Å². The van der Waals surface area contributed by atoms with Gasteiger partial charge in [0, 0.05) is 0 Å². The van der Waals surface area contributed by atoms with E-state index >= 15 is 0 Å². The summed E-state index contributed by atoms with van der Waals surface area (Å²) in [5, 5.41) is 0. The third-order valence-electron chi connectivity index (χ3n) is 6.49. The van der Waals surface area contributed by atoms with Gasteiger partial charge in [0.1, 0.15) is 0 Å². The van der Waals surface area contributed by atoms with E-state index in [-0.39, 0.29) is 24.3 Å². The Morgan fingerprint density at radius 1 is 0.967 bits per heavy atom. The Bertz CT molecular complexity index is 972. The van der Waals surface area contributed by atoms with Gasteiger partial charge in [-0.3, -0.25) is 0 Å². The fourth-order valence-corrected chi connectivity index (χ4v) is 4.10. The average molecular weight is 404 g/mol. The number of carbonyl (C=O) groups excluding carboxylic acids is 1. The highest BCUT2D eigenvalue weighted by Gasteiger charge is 2.53. The van der Waals surface area contributed by atoms with Gasteiger partial charge in [-0.15, -0.1) is 0 Å². The molecule has 1 saturated heterocycles. The van der Waals surface area contributed by atoms with Crippen LogP contribution in [0.5, 0.6) is 0 Å². The second-order valence-corrected chi connectivity index (χ2v) is 8.94. The Morgan fingerprint density at radius 3 is 2.23 bits per heavy atom. The van der Waals surface area contributed by atoms with Crippen molar-refractivity contribution in [3.8, 4) is 0 Å². The van der Waals surface area contributed by atoms with Gasteiger partial charge in [0.15, 0.2) is 0 Å². The Labute approximate surface area is 179 Å². The molecule has 0 amide bonds. The number of allylic oxidation sites excluding steroid dienone is 1. The lowest BCUT2D eigenvalue weighted by Crippen LogP contribution is -2.41. The molecule has 0 bridgehead atoms. The zero-order chi connectivity index (χ0) is 21.5. The van der Waals surface area contributed by atoms with E-state index in [0.29, 0.717) is 12.2 Å². The summed E-state index contributed by atoms with van der Waals surface area (Å²) in [4.78, 5) is 12.1. The maximum atomic E-state index is 12.1. The molecule has 2 aliphatic rings. The van der Waals surface area contributed by atoms with Crippen LogP contribution in [0.25, 0.3) is 5.57 Å². The first-order chi connectivity index (χ1) is 14.2. The van der Waals surface area contributed by atoms with E-state index in [4.69, 9.17) is 14.0 Å². The van der Waals surface area contributed by atoms with Crippen LogP contribution in [-0.2, 0) is 20.5 Å². The summed E-state index contributed by atoms with van der Waals surface area (Å²) in [7, 11) is -0.386. The van der Waals surface area contributed by atoms with Crippen molar-refractivity contribution >= 4 is 18.7 Å². The molecule has 0 aromatic heterocycles. The molecule has 0 unspecified atom stereocenters. The number of fused-ring (bicyclic) bond motifs is 1. The van der Waals surface area contributed by atoms with Crippen LogP contribution in [0.4, 0.5) is 0 Å². The Balaban J connectivity index is 1.80. The molecule has 1 fully saturated rings. The molecule has 0 saturated carbocycles. The summed E-state index contributed by atoms with van der Waals surface area (Å²) in [6, 6.07) is 16.2. The fourth-order valence-electron chi connectivity index (χ4n) is 4.10. The van der Waals surface area contributed by atoms with Crippen LogP contribution in [0.15, 0.2) is 54.0 Å². The van der Waals surface area contributed by atoms with Crippen LogP contribution in [0, 0.1) is 0 Å². The third-order valence-corrected chi connectivity index (χ3v) is 6.49. The molecule has 0 radical (unpaired) electrons. The normalized spacial score (nSPS) is 19.6. The van der Waals surface area contributed by atoms with E-state index < -0.39 is 0 Å². The monoisotopic (exact) mass is 404 g/mol. The molecule has 4 nitrogen and oxygen atoms in total. The van der Waals surface area contributed by atoms with Crippen LogP contribution < -0.4 is 0 Å². The molecule has 2 aromatic carbocycles. The Morgan fingerprint density at radius 2 is 1.60 bits per heavy atom. The van der Waals surface area contributed by atoms with E-state index in [2.05, 4.69) is 52.0 Å². The SMILES string of the molecule is CCOC(=O)c1ccc(C2=C(B3OC(C)(C)C(C)(C)O3)CCc3ccccc32)cc1. The van der Waals surface area contributed by atoms with Crippen molar-refractivity contribution in [1.82, 2.24) is 0 Å². The van der Waals surface area contributed by atoms with Crippen LogP contribution in [0.3, 0.4) is 0 Å². The van der Waals surface area contributed by atoms with Crippen LogP contribution >= 0.6 is 0 Å². The topological polar surface area (TPSA) is 44.8 Å². The van der Waals surface area contributed by atoms with Crippen molar-refractivity contribution in [2.24, 2.45) is 0 Å². The number of aryl methyl sites for hydroxylation is 1. The van der Waals surface area contributed by atoms with Gasteiger partial charge < -0.3 is 14.0 Å². The number of esters is 1. The molecule has 0 spiro atoms. The smallest absolute Gasteiger partial charge is 0.462 e. The van der Waals surface area contributed by atoms with Crippen molar-refractivity contribution < 1.29 is 18.8 Å². The zero-order valence-corrected chi connectivity index (χ0v) is 18.5. The number of carbonyl (C=O) groups is 1. The third kappa shape index (κ3) is 3.61. The lowest BCUT2D eigenvalue weighted by molar-refractivity contribution is 0.00578. The Kier molecular flexibility index (Phi) is 5.37. The van der Waals surface area contributed by atoms with Crippen molar-refractivity contribution in [3.05, 3.63) is 76.3 Å². The highest BCUT2D eigenvalue weighted by atomic mass is 16.7. The van der Waals surface area contributed by atoms with Crippen molar-refractivity contribution in [3.63, 3.8) is 0 Å². The molecule has 0 atom stereocenters. The van der Waals surface area contributed by atoms with E-state index in [0.717, 1.165) is 29.5 Å². The van der Waals surface area contributed by atoms with Gasteiger partial charge >= 0.3 is 13.1 Å². The largest absolute Gasteiger partial charge is 0.491 e. The van der Waals surface area contributed by atoms with Crippen molar-refractivity contribution in [1.29, 1.82) is 0 Å². The number of hydrogen-bond acceptors (Lipinski definition) is 4. The predicted octanol–water partition coefficient (Wildman–Crippen LogP) is 5.24. The highest BCUT2D eigenvalue weighted by Crippen LogP contribution is 2.44. The predicted molar refractivity (Wildman–Crippen MR) is 119 cm³/mol. The molecular formula is C25H29BO4. The maximum Gasteiger partial charge on any atom is 0.491 e. The van der Waals surface area contributed by atoms with E-state index in [1.54, 1.807) is 0 Å². The molecule has 1 aliphatic carbocycles. The highest BCUT2D eigenvalue weighted by molar-refractivity contribution is 6.56. The lowest BCUT2D eigenvalue weighted by atomic mass is 9.66. The molecule has 5 heteroatoms. The fraction of sp³-hybridized carbons (Fsp3) is 0.400.